The van der Waals surface area contributed by atoms with Gasteiger partial charge >= 0.3 is 0 Å². The van der Waals surface area contributed by atoms with Crippen LogP contribution in [-0.4, -0.2) is 42.2 Å². The summed E-state index contributed by atoms with van der Waals surface area (Å²) in [6.07, 6.45) is 2.29. The zero-order chi connectivity index (χ0) is 22.0. The highest BCUT2D eigenvalue weighted by Gasteiger charge is 2.51. The first-order chi connectivity index (χ1) is 15.0. The summed E-state index contributed by atoms with van der Waals surface area (Å²) < 4.78 is 18.6. The van der Waals surface area contributed by atoms with E-state index < -0.39 is 5.60 Å². The monoisotopic (exact) mass is 425 g/mol. The molecule has 0 aromatic heterocycles. The molecule has 7 nitrogen and oxygen atoms in total. The van der Waals surface area contributed by atoms with Gasteiger partial charge in [0.25, 0.3) is 5.91 Å². The van der Waals surface area contributed by atoms with E-state index in [-0.39, 0.29) is 17.8 Å². The van der Waals surface area contributed by atoms with Crippen LogP contribution in [0.2, 0.25) is 0 Å². The van der Waals surface area contributed by atoms with Crippen LogP contribution in [-0.2, 0) is 14.4 Å². The van der Waals surface area contributed by atoms with Crippen molar-refractivity contribution in [3.05, 3.63) is 59.4 Å². The molecular formula is C23H24FN3O4. The molecule has 162 valence electrons. The number of nitrogens with zero attached hydrogens (tertiary/aromatic N) is 2. The SMILES string of the molecule is COc1cc(C2=NOC3(CCCN(C(C)c4ccc(F)cc4)C3=O)C2)ccc1NC=O. The Kier molecular flexibility index (Phi) is 5.63. The maximum atomic E-state index is 13.5. The molecule has 0 aliphatic carbocycles. The predicted octanol–water partition coefficient (Wildman–Crippen LogP) is 3.65. The van der Waals surface area contributed by atoms with Crippen LogP contribution in [0.1, 0.15) is 43.4 Å². The van der Waals surface area contributed by atoms with Gasteiger partial charge in [-0.25, -0.2) is 4.39 Å². The van der Waals surface area contributed by atoms with E-state index in [1.165, 1.54) is 19.2 Å². The van der Waals surface area contributed by atoms with Gasteiger partial charge in [-0.3, -0.25) is 9.59 Å². The fourth-order valence-corrected chi connectivity index (χ4v) is 4.23. The van der Waals surface area contributed by atoms with E-state index in [9.17, 15) is 14.0 Å². The van der Waals surface area contributed by atoms with Crippen LogP contribution in [0.15, 0.2) is 47.6 Å². The molecule has 0 radical (unpaired) electrons. The molecule has 2 atom stereocenters. The van der Waals surface area contributed by atoms with Crippen LogP contribution in [0.3, 0.4) is 0 Å². The maximum absolute atomic E-state index is 13.5. The Bertz CT molecular complexity index is 1020. The lowest BCUT2D eigenvalue weighted by atomic mass is 9.84. The number of oxime groups is 1. The molecule has 1 fully saturated rings. The maximum Gasteiger partial charge on any atom is 0.270 e. The molecule has 2 unspecified atom stereocenters. The third-order valence-electron chi connectivity index (χ3n) is 5.98. The Hall–Kier alpha value is -3.42. The number of likely N-dealkylation sites (tertiary alicyclic amines) is 1. The van der Waals surface area contributed by atoms with Crippen LogP contribution < -0.4 is 10.1 Å². The summed E-state index contributed by atoms with van der Waals surface area (Å²) in [7, 11) is 1.52. The number of methoxy groups -OCH3 is 1. The number of halogens is 1. The van der Waals surface area contributed by atoms with Gasteiger partial charge in [0.2, 0.25) is 12.0 Å². The van der Waals surface area contributed by atoms with Crippen LogP contribution in [0.4, 0.5) is 10.1 Å². The second-order valence-corrected chi connectivity index (χ2v) is 7.81. The average molecular weight is 425 g/mol. The van der Waals surface area contributed by atoms with Crippen molar-refractivity contribution in [2.24, 2.45) is 5.16 Å². The summed E-state index contributed by atoms with van der Waals surface area (Å²) in [6, 6.07) is 11.3. The standard InChI is InChI=1S/C23H24FN3O4/c1-15(16-4-7-18(24)8-5-16)27-11-3-10-23(22(27)29)13-20(26-31-23)17-6-9-19(25-14-28)21(12-17)30-2/h4-9,12,14-15H,3,10-11,13H2,1-2H3,(H,25,28). The van der Waals surface area contributed by atoms with Gasteiger partial charge in [-0.15, -0.1) is 0 Å². The van der Waals surface area contributed by atoms with Crippen LogP contribution in [0, 0.1) is 5.82 Å². The molecule has 8 heteroatoms. The predicted molar refractivity (Wildman–Crippen MR) is 113 cm³/mol. The van der Waals surface area contributed by atoms with Gasteiger partial charge in [-0.2, -0.15) is 0 Å². The number of hydrogen-bond acceptors (Lipinski definition) is 5. The van der Waals surface area contributed by atoms with E-state index in [0.29, 0.717) is 42.9 Å². The third kappa shape index (κ3) is 3.85. The van der Waals surface area contributed by atoms with E-state index in [4.69, 9.17) is 9.57 Å². The molecule has 2 aromatic rings. The van der Waals surface area contributed by atoms with Gasteiger partial charge in [0.05, 0.1) is 24.6 Å². The highest BCUT2D eigenvalue weighted by atomic mass is 19.1. The van der Waals surface area contributed by atoms with Crippen molar-refractivity contribution in [1.82, 2.24) is 4.90 Å². The second kappa shape index (κ2) is 8.37. The van der Waals surface area contributed by atoms with Gasteiger partial charge in [0.15, 0.2) is 0 Å². The minimum atomic E-state index is -1.03. The van der Waals surface area contributed by atoms with Crippen molar-refractivity contribution in [1.29, 1.82) is 0 Å². The van der Waals surface area contributed by atoms with E-state index in [2.05, 4.69) is 10.5 Å². The molecule has 1 N–H and O–H groups in total. The van der Waals surface area contributed by atoms with Crippen molar-refractivity contribution >= 4 is 23.7 Å². The third-order valence-corrected chi connectivity index (χ3v) is 5.98. The molecule has 1 spiro atoms. The molecule has 0 bridgehead atoms. The van der Waals surface area contributed by atoms with E-state index >= 15 is 0 Å². The molecule has 0 saturated carbocycles. The fraction of sp³-hybridized carbons (Fsp3) is 0.348. The largest absolute Gasteiger partial charge is 0.495 e. The molecular weight excluding hydrogens is 401 g/mol. The summed E-state index contributed by atoms with van der Waals surface area (Å²) in [5, 5.41) is 6.82. The Morgan fingerprint density at radius 1 is 1.29 bits per heavy atom. The molecule has 2 heterocycles. The highest BCUT2D eigenvalue weighted by Crippen LogP contribution is 2.39. The molecule has 4 rings (SSSR count). The zero-order valence-electron chi connectivity index (χ0n) is 17.4. The first kappa shape index (κ1) is 20.8. The van der Waals surface area contributed by atoms with Gasteiger partial charge in [0.1, 0.15) is 11.6 Å². The van der Waals surface area contributed by atoms with Gasteiger partial charge in [-0.1, -0.05) is 23.4 Å². The van der Waals surface area contributed by atoms with Crippen molar-refractivity contribution in [2.45, 2.75) is 37.8 Å². The minimum absolute atomic E-state index is 0.111. The van der Waals surface area contributed by atoms with Crippen molar-refractivity contribution in [3.8, 4) is 5.75 Å². The summed E-state index contributed by atoms with van der Waals surface area (Å²) in [6.45, 7) is 2.54. The van der Waals surface area contributed by atoms with Gasteiger partial charge in [-0.05, 0) is 43.2 Å². The zero-order valence-corrected chi connectivity index (χ0v) is 17.4. The molecule has 2 aliphatic rings. The summed E-state index contributed by atoms with van der Waals surface area (Å²) >= 11 is 0. The fourth-order valence-electron chi connectivity index (χ4n) is 4.23. The number of ether oxygens (including phenoxy) is 1. The van der Waals surface area contributed by atoms with E-state index in [1.807, 2.05) is 13.0 Å². The Morgan fingerprint density at radius 2 is 2.06 bits per heavy atom. The normalized spacial score (nSPS) is 21.5. The lowest BCUT2D eigenvalue weighted by Gasteiger charge is -2.40. The van der Waals surface area contributed by atoms with E-state index in [0.717, 1.165) is 17.5 Å². The quantitative estimate of drug-likeness (QED) is 0.717. The van der Waals surface area contributed by atoms with Gasteiger partial charge in [0, 0.05) is 24.9 Å². The summed E-state index contributed by atoms with van der Waals surface area (Å²) in [5.41, 5.74) is 1.80. The van der Waals surface area contributed by atoms with Crippen LogP contribution in [0.5, 0.6) is 5.75 Å². The van der Waals surface area contributed by atoms with Crippen LogP contribution in [0.25, 0.3) is 0 Å². The molecule has 31 heavy (non-hydrogen) atoms. The molecule has 1 saturated heterocycles. The number of nitrogens with one attached hydrogen (secondary N) is 1. The smallest absolute Gasteiger partial charge is 0.270 e. The number of carbonyl (C=O) groups excluding carboxylic acids is 2. The Morgan fingerprint density at radius 3 is 2.77 bits per heavy atom. The summed E-state index contributed by atoms with van der Waals surface area (Å²) in [4.78, 5) is 31.8. The summed E-state index contributed by atoms with van der Waals surface area (Å²) in [5.74, 6) is 0.0784. The van der Waals surface area contributed by atoms with Crippen molar-refractivity contribution < 1.29 is 23.6 Å². The lowest BCUT2D eigenvalue weighted by molar-refractivity contribution is -0.164. The molecule has 2 aliphatic heterocycles. The number of benzene rings is 2. The molecule has 2 amide bonds. The topological polar surface area (TPSA) is 80.2 Å². The number of piperidine rings is 1. The minimum Gasteiger partial charge on any atom is -0.495 e. The number of anilines is 1. The first-order valence-electron chi connectivity index (χ1n) is 10.2. The highest BCUT2D eigenvalue weighted by molar-refractivity contribution is 6.06. The number of amides is 2. The van der Waals surface area contributed by atoms with Gasteiger partial charge < -0.3 is 19.8 Å². The Labute approximate surface area is 179 Å². The van der Waals surface area contributed by atoms with Crippen molar-refractivity contribution in [2.75, 3.05) is 19.0 Å². The second-order valence-electron chi connectivity index (χ2n) is 7.81. The van der Waals surface area contributed by atoms with E-state index in [1.54, 1.807) is 29.2 Å². The molecule has 2 aromatic carbocycles. The average Bonchev–Trinajstić information content (AvgIpc) is 3.21. The van der Waals surface area contributed by atoms with Crippen LogP contribution >= 0.6 is 0 Å². The van der Waals surface area contributed by atoms with Crippen molar-refractivity contribution in [3.63, 3.8) is 0 Å². The Balaban J connectivity index is 1.54. The number of hydrogen-bond donors (Lipinski definition) is 1. The first-order valence-corrected chi connectivity index (χ1v) is 10.2. The number of carbonyl (C=O) groups is 2. The number of rotatable bonds is 6. The lowest BCUT2D eigenvalue weighted by Crippen LogP contribution is -2.54.